The zero-order valence-corrected chi connectivity index (χ0v) is 14.7. The van der Waals surface area contributed by atoms with E-state index < -0.39 is 5.97 Å². The molecule has 126 valence electrons. The molecule has 0 heterocycles. The van der Waals surface area contributed by atoms with E-state index in [9.17, 15) is 9.90 Å². The van der Waals surface area contributed by atoms with E-state index in [4.69, 9.17) is 4.74 Å². The van der Waals surface area contributed by atoms with Crippen molar-refractivity contribution in [1.82, 2.24) is 0 Å². The van der Waals surface area contributed by atoms with Crippen molar-refractivity contribution in [2.45, 2.75) is 33.6 Å². The number of benzene rings is 2. The van der Waals surface area contributed by atoms with Gasteiger partial charge in [0.05, 0.1) is 12.2 Å². The van der Waals surface area contributed by atoms with Crippen LogP contribution >= 0.6 is 0 Å². The lowest BCUT2D eigenvalue weighted by molar-refractivity contribution is -0.130. The van der Waals surface area contributed by atoms with Gasteiger partial charge < -0.3 is 9.84 Å². The number of hydrogen-bond acceptors (Lipinski definition) is 2. The van der Waals surface area contributed by atoms with Gasteiger partial charge in [-0.25, -0.2) is 4.79 Å². The van der Waals surface area contributed by atoms with Gasteiger partial charge in [0.1, 0.15) is 5.75 Å². The van der Waals surface area contributed by atoms with Crippen LogP contribution in [0, 0.1) is 6.92 Å². The molecule has 0 atom stereocenters. The summed E-state index contributed by atoms with van der Waals surface area (Å²) >= 11 is 0. The first-order valence-electron chi connectivity index (χ1n) is 8.21. The quantitative estimate of drug-likeness (QED) is 0.591. The number of hydrogen-bond donors (Lipinski definition) is 1. The highest BCUT2D eigenvalue weighted by molar-refractivity contribution is 6.21. The smallest absolute Gasteiger partial charge is 0.336 e. The summed E-state index contributed by atoms with van der Waals surface area (Å²) in [5, 5.41) is 9.63. The van der Waals surface area contributed by atoms with Crippen molar-refractivity contribution in [3.63, 3.8) is 0 Å². The normalized spacial score (nSPS) is 11.6. The minimum Gasteiger partial charge on any atom is -0.494 e. The number of aryl methyl sites for hydroxylation is 1. The molecule has 0 aromatic heterocycles. The largest absolute Gasteiger partial charge is 0.494 e. The predicted octanol–water partition coefficient (Wildman–Crippen LogP) is 5.14. The van der Waals surface area contributed by atoms with Crippen molar-refractivity contribution in [3.05, 3.63) is 64.7 Å². The van der Waals surface area contributed by atoms with E-state index in [1.54, 1.807) is 6.08 Å². The lowest BCUT2D eigenvalue weighted by Gasteiger charge is -2.10. The van der Waals surface area contributed by atoms with Crippen LogP contribution in [0.5, 0.6) is 5.75 Å². The fourth-order valence-corrected chi connectivity index (χ4v) is 2.59. The van der Waals surface area contributed by atoms with E-state index in [0.717, 1.165) is 16.9 Å². The highest BCUT2D eigenvalue weighted by Crippen LogP contribution is 2.26. The second-order valence-electron chi connectivity index (χ2n) is 6.09. The van der Waals surface area contributed by atoms with Gasteiger partial charge in [0.25, 0.3) is 0 Å². The van der Waals surface area contributed by atoms with Crippen LogP contribution in [0.25, 0.3) is 11.6 Å². The first-order chi connectivity index (χ1) is 11.4. The third-order valence-corrected chi connectivity index (χ3v) is 3.94. The van der Waals surface area contributed by atoms with Gasteiger partial charge in [-0.1, -0.05) is 44.2 Å². The summed E-state index contributed by atoms with van der Waals surface area (Å²) in [6.07, 6.45) is 1.72. The molecule has 0 radical (unpaired) electrons. The van der Waals surface area contributed by atoms with E-state index in [1.165, 1.54) is 5.56 Å². The molecule has 3 nitrogen and oxygen atoms in total. The highest BCUT2D eigenvalue weighted by atomic mass is 16.5. The molecule has 0 saturated heterocycles. The van der Waals surface area contributed by atoms with E-state index in [0.29, 0.717) is 18.1 Å². The molecule has 2 aromatic carbocycles. The predicted molar refractivity (Wildman–Crippen MR) is 98.4 cm³/mol. The molecule has 0 aliphatic rings. The van der Waals surface area contributed by atoms with Gasteiger partial charge in [-0.15, -0.1) is 0 Å². The zero-order chi connectivity index (χ0) is 17.7. The number of aliphatic carboxylic acids is 1. The van der Waals surface area contributed by atoms with Crippen molar-refractivity contribution in [1.29, 1.82) is 0 Å². The molecular formula is C21H24O3. The van der Waals surface area contributed by atoms with Crippen LogP contribution in [-0.2, 0) is 4.79 Å². The number of carboxylic acids is 1. The van der Waals surface area contributed by atoms with Crippen molar-refractivity contribution in [3.8, 4) is 5.75 Å². The Morgan fingerprint density at radius 2 is 1.83 bits per heavy atom. The Morgan fingerprint density at radius 3 is 2.33 bits per heavy atom. The fourth-order valence-electron chi connectivity index (χ4n) is 2.59. The minimum atomic E-state index is -0.935. The first-order valence-corrected chi connectivity index (χ1v) is 8.21. The molecule has 0 aliphatic carbocycles. The molecule has 0 bridgehead atoms. The SMILES string of the molecule is CCOc1ccc(/C(=C/c2ccc(C(C)C)cc2)C(=O)O)c(C)c1. The van der Waals surface area contributed by atoms with Crippen LogP contribution in [0.3, 0.4) is 0 Å². The zero-order valence-electron chi connectivity index (χ0n) is 14.7. The molecule has 0 aliphatic heterocycles. The number of rotatable bonds is 6. The molecular weight excluding hydrogens is 300 g/mol. The Morgan fingerprint density at radius 1 is 1.17 bits per heavy atom. The number of ether oxygens (including phenoxy) is 1. The van der Waals surface area contributed by atoms with Gasteiger partial charge in [-0.2, -0.15) is 0 Å². The molecule has 24 heavy (non-hydrogen) atoms. The Hall–Kier alpha value is -2.55. The van der Waals surface area contributed by atoms with Crippen LogP contribution in [-0.4, -0.2) is 17.7 Å². The average Bonchev–Trinajstić information content (AvgIpc) is 2.54. The van der Waals surface area contributed by atoms with Crippen molar-refractivity contribution < 1.29 is 14.6 Å². The molecule has 2 aromatic rings. The summed E-state index contributed by atoms with van der Waals surface area (Å²) < 4.78 is 5.47. The molecule has 2 rings (SSSR count). The highest BCUT2D eigenvalue weighted by Gasteiger charge is 2.14. The van der Waals surface area contributed by atoms with Crippen molar-refractivity contribution in [2.24, 2.45) is 0 Å². The lowest BCUT2D eigenvalue weighted by atomic mass is 9.97. The van der Waals surface area contributed by atoms with E-state index in [-0.39, 0.29) is 5.57 Å². The Bertz CT molecular complexity index is 740. The molecule has 0 spiro atoms. The fraction of sp³-hybridized carbons (Fsp3) is 0.286. The number of carbonyl (C=O) groups is 1. The second-order valence-corrected chi connectivity index (χ2v) is 6.09. The van der Waals surface area contributed by atoms with Crippen molar-refractivity contribution in [2.75, 3.05) is 6.61 Å². The summed E-state index contributed by atoms with van der Waals surface area (Å²) in [5.41, 5.74) is 3.99. The van der Waals surface area contributed by atoms with Gasteiger partial charge in [-0.3, -0.25) is 0 Å². The maximum atomic E-state index is 11.7. The Balaban J connectivity index is 2.40. The van der Waals surface area contributed by atoms with Crippen LogP contribution < -0.4 is 4.74 Å². The monoisotopic (exact) mass is 324 g/mol. The molecule has 0 saturated carbocycles. The Labute approximate surface area is 143 Å². The topological polar surface area (TPSA) is 46.5 Å². The Kier molecular flexibility index (Phi) is 5.80. The summed E-state index contributed by atoms with van der Waals surface area (Å²) in [5.74, 6) is 0.273. The second kappa shape index (κ2) is 7.82. The van der Waals surface area contributed by atoms with E-state index >= 15 is 0 Å². The minimum absolute atomic E-state index is 0.285. The molecule has 0 amide bonds. The van der Waals surface area contributed by atoms with Gasteiger partial charge >= 0.3 is 5.97 Å². The van der Waals surface area contributed by atoms with E-state index in [2.05, 4.69) is 13.8 Å². The molecule has 3 heteroatoms. The third-order valence-electron chi connectivity index (χ3n) is 3.94. The number of carboxylic acid groups (broad SMARTS) is 1. The van der Waals surface area contributed by atoms with Crippen LogP contribution in [0.1, 0.15) is 48.9 Å². The third kappa shape index (κ3) is 4.25. The summed E-state index contributed by atoms with van der Waals surface area (Å²) in [7, 11) is 0. The van der Waals surface area contributed by atoms with Crippen molar-refractivity contribution >= 4 is 17.6 Å². The van der Waals surface area contributed by atoms with Gasteiger partial charge in [0.2, 0.25) is 0 Å². The average molecular weight is 324 g/mol. The summed E-state index contributed by atoms with van der Waals surface area (Å²) in [6.45, 7) is 8.68. The lowest BCUT2D eigenvalue weighted by Crippen LogP contribution is -2.02. The standard InChI is InChI=1S/C21H24O3/c1-5-24-18-10-11-19(15(4)12-18)20(21(22)23)13-16-6-8-17(9-7-16)14(2)3/h6-14H,5H2,1-4H3,(H,22,23)/b20-13-. The van der Waals surface area contributed by atoms with E-state index in [1.807, 2.05) is 56.3 Å². The summed E-state index contributed by atoms with van der Waals surface area (Å²) in [6, 6.07) is 13.5. The van der Waals surface area contributed by atoms with Gasteiger partial charge in [0, 0.05) is 0 Å². The molecule has 1 N–H and O–H groups in total. The maximum Gasteiger partial charge on any atom is 0.336 e. The molecule has 0 unspecified atom stereocenters. The maximum absolute atomic E-state index is 11.7. The van der Waals surface area contributed by atoms with Crippen LogP contribution in [0.2, 0.25) is 0 Å². The van der Waals surface area contributed by atoms with Gasteiger partial charge in [-0.05, 0) is 60.2 Å². The summed E-state index contributed by atoms with van der Waals surface area (Å²) in [4.78, 5) is 11.7. The van der Waals surface area contributed by atoms with Crippen LogP contribution in [0.4, 0.5) is 0 Å². The molecule has 0 fully saturated rings. The van der Waals surface area contributed by atoms with Gasteiger partial charge in [0.15, 0.2) is 0 Å². The first kappa shape index (κ1) is 17.8. The van der Waals surface area contributed by atoms with Crippen LogP contribution in [0.15, 0.2) is 42.5 Å².